The lowest BCUT2D eigenvalue weighted by atomic mass is 10.1. The maximum Gasteiger partial charge on any atom is 0.262 e. The van der Waals surface area contributed by atoms with Gasteiger partial charge in [-0.1, -0.05) is 12.5 Å². The molecule has 11 heteroatoms. The van der Waals surface area contributed by atoms with Gasteiger partial charge in [-0.3, -0.25) is 14.6 Å². The predicted molar refractivity (Wildman–Crippen MR) is 145 cm³/mol. The lowest BCUT2D eigenvalue weighted by Crippen LogP contribution is -2.59. The third-order valence-corrected chi connectivity index (χ3v) is 9.19. The number of nitrogens with zero attached hydrogens (tertiary/aromatic N) is 5. The van der Waals surface area contributed by atoms with E-state index in [-0.39, 0.29) is 31.0 Å². The molecule has 1 aromatic heterocycles. The van der Waals surface area contributed by atoms with Gasteiger partial charge < -0.3 is 14.6 Å². The third-order valence-electron chi connectivity index (χ3n) is 7.18. The maximum absolute atomic E-state index is 13.2. The number of ether oxygens (including phenoxy) is 1. The molecule has 2 fully saturated rings. The van der Waals surface area contributed by atoms with E-state index in [9.17, 15) is 13.2 Å². The first-order valence-electron chi connectivity index (χ1n) is 13.1. The monoisotopic (exact) mass is 534 g/mol. The van der Waals surface area contributed by atoms with E-state index in [4.69, 9.17) is 4.74 Å². The van der Waals surface area contributed by atoms with Crippen molar-refractivity contribution in [1.82, 2.24) is 23.7 Å². The van der Waals surface area contributed by atoms with E-state index >= 15 is 0 Å². The van der Waals surface area contributed by atoms with Gasteiger partial charge in [0.1, 0.15) is 12.4 Å². The van der Waals surface area contributed by atoms with Gasteiger partial charge in [0.2, 0.25) is 5.91 Å². The highest BCUT2D eigenvalue weighted by Crippen LogP contribution is 2.27. The van der Waals surface area contributed by atoms with E-state index < -0.39 is 10.0 Å². The molecular weight excluding hydrogens is 492 g/mol. The molecular formula is C26H42N6O4S. The molecule has 1 N–H and O–H groups in total. The highest BCUT2D eigenvalue weighted by atomic mass is 32.2. The highest BCUT2D eigenvalue weighted by Gasteiger charge is 2.39. The zero-order chi connectivity index (χ0) is 26.6. The smallest absolute Gasteiger partial charge is 0.262 e. The van der Waals surface area contributed by atoms with E-state index in [1.807, 2.05) is 43.9 Å². The summed E-state index contributed by atoms with van der Waals surface area (Å²) in [5, 5.41) is 3.07. The Labute approximate surface area is 222 Å². The number of anilines is 1. The first kappa shape index (κ1) is 27.6. The molecule has 0 spiro atoms. The Hall–Kier alpha value is -2.47. The molecule has 2 aromatic rings. The fourth-order valence-electron chi connectivity index (χ4n) is 5.42. The van der Waals surface area contributed by atoms with Crippen LogP contribution in [0.4, 0.5) is 5.69 Å². The van der Waals surface area contributed by atoms with Gasteiger partial charge in [0.25, 0.3) is 10.0 Å². The van der Waals surface area contributed by atoms with Crippen LogP contribution in [0.15, 0.2) is 35.7 Å². The van der Waals surface area contributed by atoms with Crippen LogP contribution in [0, 0.1) is 6.92 Å². The van der Waals surface area contributed by atoms with Crippen LogP contribution in [0.3, 0.4) is 0 Å². The molecule has 10 nitrogen and oxygen atoms in total. The van der Waals surface area contributed by atoms with Crippen LogP contribution >= 0.6 is 0 Å². The molecule has 1 amide bonds. The number of aromatic nitrogens is 2. The summed E-state index contributed by atoms with van der Waals surface area (Å²) >= 11 is 0. The minimum Gasteiger partial charge on any atom is -0.492 e. The van der Waals surface area contributed by atoms with Crippen molar-refractivity contribution in [2.24, 2.45) is 7.05 Å². The summed E-state index contributed by atoms with van der Waals surface area (Å²) in [5.74, 6) is 0.652. The quantitative estimate of drug-likeness (QED) is 0.528. The molecule has 2 saturated heterocycles. The van der Waals surface area contributed by atoms with Gasteiger partial charge in [-0.25, -0.2) is 13.4 Å². The largest absolute Gasteiger partial charge is 0.492 e. The summed E-state index contributed by atoms with van der Waals surface area (Å²) in [5.41, 5.74) is 1.64. The van der Waals surface area contributed by atoms with Gasteiger partial charge in [-0.05, 0) is 58.8 Å². The van der Waals surface area contributed by atoms with Crippen LogP contribution in [-0.2, 0) is 21.9 Å². The topological polar surface area (TPSA) is 100 Å². The zero-order valence-corrected chi connectivity index (χ0v) is 23.2. The van der Waals surface area contributed by atoms with E-state index in [2.05, 4.69) is 15.2 Å². The molecule has 2 aliphatic rings. The summed E-state index contributed by atoms with van der Waals surface area (Å²) in [7, 11) is -1.96. The number of rotatable bonds is 9. The summed E-state index contributed by atoms with van der Waals surface area (Å²) in [6.07, 6.45) is 6.83. The minimum atomic E-state index is -3.71. The Morgan fingerprint density at radius 3 is 2.49 bits per heavy atom. The molecule has 1 aromatic carbocycles. The van der Waals surface area contributed by atoms with Gasteiger partial charge in [0, 0.05) is 57.6 Å². The average molecular weight is 535 g/mol. The van der Waals surface area contributed by atoms with Crippen LogP contribution < -0.4 is 10.1 Å². The number of piperazine rings is 1. The zero-order valence-electron chi connectivity index (χ0n) is 22.4. The molecule has 2 atom stereocenters. The number of likely N-dealkylation sites (tertiary alicyclic amines) is 1. The normalized spacial score (nSPS) is 22.2. The number of benzene rings is 1. The van der Waals surface area contributed by atoms with Crippen molar-refractivity contribution in [3.8, 4) is 5.75 Å². The molecule has 0 aliphatic carbocycles. The molecule has 2 aliphatic heterocycles. The lowest BCUT2D eigenvalue weighted by Gasteiger charge is -2.42. The van der Waals surface area contributed by atoms with Gasteiger partial charge in [-0.15, -0.1) is 0 Å². The van der Waals surface area contributed by atoms with Crippen LogP contribution in [0.1, 0.15) is 40.1 Å². The summed E-state index contributed by atoms with van der Waals surface area (Å²) in [6.45, 7) is 10.6. The number of amides is 1. The van der Waals surface area contributed by atoms with Crippen molar-refractivity contribution in [1.29, 1.82) is 0 Å². The van der Waals surface area contributed by atoms with E-state index in [0.717, 1.165) is 36.6 Å². The molecule has 206 valence electrons. The Balaban J connectivity index is 0.00000400. The third kappa shape index (κ3) is 6.70. The molecule has 0 saturated carbocycles. The van der Waals surface area contributed by atoms with Crippen molar-refractivity contribution in [2.45, 2.75) is 57.1 Å². The van der Waals surface area contributed by atoms with E-state index in [0.29, 0.717) is 19.7 Å². The average Bonchev–Trinajstić information content (AvgIpc) is 3.29. The number of carbonyl (C=O) groups is 1. The van der Waals surface area contributed by atoms with Crippen LogP contribution in [0.5, 0.6) is 5.75 Å². The minimum absolute atomic E-state index is 0. The Kier molecular flexibility index (Phi) is 8.89. The van der Waals surface area contributed by atoms with Gasteiger partial charge >= 0.3 is 0 Å². The Morgan fingerprint density at radius 1 is 1.14 bits per heavy atom. The number of hydrogen-bond donors (Lipinski definition) is 1. The number of sulfonamides is 1. The first-order chi connectivity index (χ1) is 17.6. The fourth-order valence-corrected chi connectivity index (χ4v) is 7.19. The van der Waals surface area contributed by atoms with Crippen molar-refractivity contribution in [3.05, 3.63) is 36.3 Å². The molecule has 3 heterocycles. The van der Waals surface area contributed by atoms with Crippen molar-refractivity contribution < 1.29 is 19.4 Å². The van der Waals surface area contributed by atoms with Crippen molar-refractivity contribution in [3.63, 3.8) is 0 Å². The second-order valence-electron chi connectivity index (χ2n) is 10.3. The second kappa shape index (κ2) is 11.9. The first-order valence-corrected chi connectivity index (χ1v) is 14.6. The maximum atomic E-state index is 13.2. The second-order valence-corrected chi connectivity index (χ2v) is 12.1. The number of imidazole rings is 1. The SMILES string of the molecule is Cc1c(NC(=O)CN2C[C@@H](C)N(S(=O)(=O)c3cn(C)cn3)[C@@H](C)C2)cccc1OCCN1CCCCC1.[HH]. The van der Waals surface area contributed by atoms with Crippen molar-refractivity contribution >= 4 is 21.6 Å². The van der Waals surface area contributed by atoms with E-state index in [1.54, 1.807) is 11.6 Å². The predicted octanol–water partition coefficient (Wildman–Crippen LogP) is 2.56. The van der Waals surface area contributed by atoms with Gasteiger partial charge in [0.15, 0.2) is 5.03 Å². The van der Waals surface area contributed by atoms with Crippen LogP contribution in [0.25, 0.3) is 0 Å². The Morgan fingerprint density at radius 2 is 1.84 bits per heavy atom. The van der Waals surface area contributed by atoms with Gasteiger partial charge in [0.05, 0.1) is 12.9 Å². The van der Waals surface area contributed by atoms with Gasteiger partial charge in [-0.2, -0.15) is 4.31 Å². The highest BCUT2D eigenvalue weighted by molar-refractivity contribution is 7.89. The molecule has 37 heavy (non-hydrogen) atoms. The standard InChI is InChI=1S/C26H40N6O4S.H2/c1-20-15-31(16-21(2)32(20)37(34,35)26-18-29(4)19-27-26)17-25(33)28-23-9-8-10-24(22(23)3)36-14-13-30-11-6-5-7-12-30;/h8-10,18-21H,5-7,11-17H2,1-4H3,(H,28,33);1H/t20-,21+;. The number of aryl methyl sites for hydroxylation is 1. The Bertz CT molecular complexity index is 1170. The summed E-state index contributed by atoms with van der Waals surface area (Å²) in [4.78, 5) is 21.4. The van der Waals surface area contributed by atoms with Crippen LogP contribution in [0.2, 0.25) is 0 Å². The number of piperidine rings is 1. The molecule has 0 unspecified atom stereocenters. The van der Waals surface area contributed by atoms with Crippen molar-refractivity contribution in [2.75, 3.05) is 51.2 Å². The van der Waals surface area contributed by atoms with E-state index in [1.165, 1.54) is 36.1 Å². The molecule has 0 bridgehead atoms. The summed E-state index contributed by atoms with van der Waals surface area (Å²) < 4.78 is 35.5. The molecule has 0 radical (unpaired) electrons. The summed E-state index contributed by atoms with van der Waals surface area (Å²) in [6, 6.07) is 5.13. The number of nitrogens with one attached hydrogen (secondary N) is 1. The molecule has 4 rings (SSSR count). The van der Waals surface area contributed by atoms with Crippen LogP contribution in [-0.4, -0.2) is 95.9 Å². The fraction of sp³-hybridized carbons (Fsp3) is 0.615. The number of carbonyl (C=O) groups excluding carboxylic acids is 1. The number of hydrogen-bond acceptors (Lipinski definition) is 7. The lowest BCUT2D eigenvalue weighted by molar-refractivity contribution is -0.118.